The van der Waals surface area contributed by atoms with E-state index in [4.69, 9.17) is 4.74 Å². The highest BCUT2D eigenvalue weighted by Gasteiger charge is 2.11. The molecule has 1 amide bonds. The summed E-state index contributed by atoms with van der Waals surface area (Å²) in [6.07, 6.45) is 1.50. The third kappa shape index (κ3) is 2.53. The van der Waals surface area contributed by atoms with Crippen LogP contribution in [0.1, 0.15) is 16.1 Å². The highest BCUT2D eigenvalue weighted by atomic mass is 79.9. The van der Waals surface area contributed by atoms with Gasteiger partial charge in [0.05, 0.1) is 23.3 Å². The number of aryl methyl sites for hydroxylation is 1. The number of aromatic nitrogens is 2. The molecule has 0 unspecified atom stereocenters. The molecular weight excluding hydrogens is 298 g/mol. The third-order valence-electron chi connectivity index (χ3n) is 2.48. The molecule has 94 valence electrons. The first-order chi connectivity index (χ1) is 8.61. The van der Waals surface area contributed by atoms with E-state index in [2.05, 4.69) is 31.4 Å². The normalized spacial score (nSPS) is 10.2. The molecule has 0 atom stereocenters. The lowest BCUT2D eigenvalue weighted by Gasteiger charge is -2.08. The van der Waals surface area contributed by atoms with Gasteiger partial charge in [-0.25, -0.2) is 0 Å². The lowest BCUT2D eigenvalue weighted by molar-refractivity contribution is 0.102. The minimum Gasteiger partial charge on any atom is -0.495 e. The molecule has 1 heterocycles. The van der Waals surface area contributed by atoms with Crippen molar-refractivity contribution in [3.8, 4) is 5.75 Å². The van der Waals surface area contributed by atoms with Gasteiger partial charge < -0.3 is 10.1 Å². The van der Waals surface area contributed by atoms with Crippen LogP contribution in [0.15, 0.2) is 28.9 Å². The van der Waals surface area contributed by atoms with E-state index in [0.29, 0.717) is 17.0 Å². The Kier molecular flexibility index (Phi) is 3.66. The average molecular weight is 310 g/mol. The van der Waals surface area contributed by atoms with Crippen LogP contribution < -0.4 is 10.1 Å². The number of H-pyrrole nitrogens is 1. The maximum Gasteiger partial charge on any atom is 0.259 e. The van der Waals surface area contributed by atoms with Crippen molar-refractivity contribution < 1.29 is 9.53 Å². The Balaban J connectivity index is 2.20. The molecule has 2 aromatic rings. The summed E-state index contributed by atoms with van der Waals surface area (Å²) in [6.45, 7) is 1.80. The van der Waals surface area contributed by atoms with E-state index in [0.717, 1.165) is 10.2 Å². The Bertz CT molecular complexity index is 580. The van der Waals surface area contributed by atoms with Gasteiger partial charge in [0.15, 0.2) is 0 Å². The second kappa shape index (κ2) is 5.22. The van der Waals surface area contributed by atoms with Gasteiger partial charge in [-0.05, 0) is 35.0 Å². The lowest BCUT2D eigenvalue weighted by atomic mass is 10.2. The van der Waals surface area contributed by atoms with Crippen LogP contribution in [0.25, 0.3) is 0 Å². The summed E-state index contributed by atoms with van der Waals surface area (Å²) in [5.41, 5.74) is 1.93. The number of hydrogen-bond acceptors (Lipinski definition) is 3. The molecule has 0 spiro atoms. The Morgan fingerprint density at radius 2 is 2.28 bits per heavy atom. The first kappa shape index (κ1) is 12.6. The molecule has 0 bridgehead atoms. The van der Waals surface area contributed by atoms with Crippen LogP contribution in [0, 0.1) is 6.92 Å². The molecule has 1 aromatic carbocycles. The standard InChI is InChI=1S/C12H12BrN3O2/c1-7-9(6-14-16-7)12(17)15-8-3-4-10(13)11(5-8)18-2/h3-6H,1-2H3,(H,14,16)(H,15,17). The van der Waals surface area contributed by atoms with E-state index in [1.807, 2.05) is 6.07 Å². The Hall–Kier alpha value is -1.82. The number of halogens is 1. The molecule has 0 aliphatic rings. The van der Waals surface area contributed by atoms with Crippen molar-refractivity contribution in [2.75, 3.05) is 12.4 Å². The van der Waals surface area contributed by atoms with Gasteiger partial charge in [-0.2, -0.15) is 5.10 Å². The molecule has 0 fully saturated rings. The van der Waals surface area contributed by atoms with E-state index >= 15 is 0 Å². The fraction of sp³-hybridized carbons (Fsp3) is 0.167. The fourth-order valence-corrected chi connectivity index (χ4v) is 1.92. The molecule has 18 heavy (non-hydrogen) atoms. The number of benzene rings is 1. The second-order valence-corrected chi connectivity index (χ2v) is 4.57. The van der Waals surface area contributed by atoms with Gasteiger partial charge in [-0.3, -0.25) is 9.89 Å². The largest absolute Gasteiger partial charge is 0.495 e. The predicted octanol–water partition coefficient (Wildman–Crippen LogP) is 2.74. The smallest absolute Gasteiger partial charge is 0.259 e. The zero-order valence-corrected chi connectivity index (χ0v) is 11.5. The number of carbonyl (C=O) groups is 1. The lowest BCUT2D eigenvalue weighted by Crippen LogP contribution is -2.12. The van der Waals surface area contributed by atoms with Gasteiger partial charge in [0.2, 0.25) is 0 Å². The van der Waals surface area contributed by atoms with Crippen molar-refractivity contribution in [2.24, 2.45) is 0 Å². The number of anilines is 1. The second-order valence-electron chi connectivity index (χ2n) is 3.71. The zero-order valence-electron chi connectivity index (χ0n) is 9.95. The molecule has 0 radical (unpaired) electrons. The summed E-state index contributed by atoms with van der Waals surface area (Å²) in [4.78, 5) is 12.0. The molecule has 5 nitrogen and oxygen atoms in total. The third-order valence-corrected chi connectivity index (χ3v) is 3.14. The summed E-state index contributed by atoms with van der Waals surface area (Å²) in [5.74, 6) is 0.461. The summed E-state index contributed by atoms with van der Waals surface area (Å²) >= 11 is 3.35. The van der Waals surface area contributed by atoms with E-state index in [1.54, 1.807) is 26.2 Å². The number of aromatic amines is 1. The molecule has 0 saturated heterocycles. The number of ether oxygens (including phenoxy) is 1. The van der Waals surface area contributed by atoms with Gasteiger partial charge in [-0.15, -0.1) is 0 Å². The van der Waals surface area contributed by atoms with E-state index in [-0.39, 0.29) is 5.91 Å². The minimum atomic E-state index is -0.203. The highest BCUT2D eigenvalue weighted by Crippen LogP contribution is 2.28. The topological polar surface area (TPSA) is 67.0 Å². The number of nitrogens with one attached hydrogen (secondary N) is 2. The van der Waals surface area contributed by atoms with Crippen molar-refractivity contribution in [3.05, 3.63) is 40.1 Å². The monoisotopic (exact) mass is 309 g/mol. The van der Waals surface area contributed by atoms with Crippen LogP contribution in [0.3, 0.4) is 0 Å². The maximum absolute atomic E-state index is 12.0. The van der Waals surface area contributed by atoms with Crippen LogP contribution in [-0.2, 0) is 0 Å². The number of amides is 1. The Labute approximate surface area is 113 Å². The van der Waals surface area contributed by atoms with Crippen LogP contribution in [0.4, 0.5) is 5.69 Å². The van der Waals surface area contributed by atoms with Crippen molar-refractivity contribution >= 4 is 27.5 Å². The molecular formula is C12H12BrN3O2. The van der Waals surface area contributed by atoms with Crippen LogP contribution in [-0.4, -0.2) is 23.2 Å². The van der Waals surface area contributed by atoms with Gasteiger partial charge in [0.25, 0.3) is 5.91 Å². The number of hydrogen-bond donors (Lipinski definition) is 2. The van der Waals surface area contributed by atoms with Crippen molar-refractivity contribution in [3.63, 3.8) is 0 Å². The molecule has 6 heteroatoms. The number of nitrogens with zero attached hydrogens (tertiary/aromatic N) is 1. The van der Waals surface area contributed by atoms with Gasteiger partial charge in [-0.1, -0.05) is 0 Å². The quantitative estimate of drug-likeness (QED) is 0.916. The van der Waals surface area contributed by atoms with Crippen molar-refractivity contribution in [1.82, 2.24) is 10.2 Å². The molecule has 2 N–H and O–H groups in total. The van der Waals surface area contributed by atoms with E-state index in [1.165, 1.54) is 6.20 Å². The van der Waals surface area contributed by atoms with E-state index in [9.17, 15) is 4.79 Å². The first-order valence-electron chi connectivity index (χ1n) is 5.26. The van der Waals surface area contributed by atoms with Crippen molar-refractivity contribution in [2.45, 2.75) is 6.92 Å². The number of rotatable bonds is 3. The van der Waals surface area contributed by atoms with Crippen molar-refractivity contribution in [1.29, 1.82) is 0 Å². The molecule has 0 aliphatic carbocycles. The zero-order chi connectivity index (χ0) is 13.1. The summed E-state index contributed by atoms with van der Waals surface area (Å²) < 4.78 is 6.00. The maximum atomic E-state index is 12.0. The fourth-order valence-electron chi connectivity index (χ4n) is 1.52. The van der Waals surface area contributed by atoms with Gasteiger partial charge in [0, 0.05) is 17.4 Å². The van der Waals surface area contributed by atoms with Gasteiger partial charge in [0.1, 0.15) is 5.75 Å². The van der Waals surface area contributed by atoms with Gasteiger partial charge >= 0.3 is 0 Å². The summed E-state index contributed by atoms with van der Waals surface area (Å²) in [5, 5.41) is 9.33. The van der Waals surface area contributed by atoms with E-state index < -0.39 is 0 Å². The molecule has 0 aliphatic heterocycles. The number of carbonyl (C=O) groups excluding carboxylic acids is 1. The molecule has 0 saturated carbocycles. The number of methoxy groups -OCH3 is 1. The summed E-state index contributed by atoms with van der Waals surface area (Å²) in [7, 11) is 1.58. The molecule has 2 rings (SSSR count). The van der Waals surface area contributed by atoms with Crippen LogP contribution in [0.5, 0.6) is 5.75 Å². The highest BCUT2D eigenvalue weighted by molar-refractivity contribution is 9.10. The first-order valence-corrected chi connectivity index (χ1v) is 6.06. The van der Waals surface area contributed by atoms with Crippen LogP contribution >= 0.6 is 15.9 Å². The summed E-state index contributed by atoms with van der Waals surface area (Å²) in [6, 6.07) is 5.36. The molecule has 1 aromatic heterocycles. The minimum absolute atomic E-state index is 0.203. The Morgan fingerprint density at radius 1 is 1.50 bits per heavy atom. The SMILES string of the molecule is COc1cc(NC(=O)c2cn[nH]c2C)ccc1Br. The average Bonchev–Trinajstić information content (AvgIpc) is 2.78. The predicted molar refractivity (Wildman–Crippen MR) is 72.0 cm³/mol. The van der Waals surface area contributed by atoms with Crippen LogP contribution in [0.2, 0.25) is 0 Å². The Morgan fingerprint density at radius 3 is 2.89 bits per heavy atom.